The summed E-state index contributed by atoms with van der Waals surface area (Å²) in [7, 11) is 0. The molecule has 4 N–H and O–H groups in total. The van der Waals surface area contributed by atoms with Crippen molar-refractivity contribution in [3.63, 3.8) is 0 Å². The van der Waals surface area contributed by atoms with Crippen molar-refractivity contribution in [2.75, 3.05) is 18.0 Å². The summed E-state index contributed by atoms with van der Waals surface area (Å²) in [5.41, 5.74) is 9.08. The van der Waals surface area contributed by atoms with Crippen molar-refractivity contribution in [2.45, 2.75) is 32.8 Å². The quantitative estimate of drug-likeness (QED) is 0.537. The first-order valence-corrected chi connectivity index (χ1v) is 6.24. The Hall–Kier alpha value is -1.62. The van der Waals surface area contributed by atoms with Crippen LogP contribution in [0, 0.1) is 19.3 Å². The fourth-order valence-corrected chi connectivity index (χ4v) is 2.50. The molecule has 1 fully saturated rings. The van der Waals surface area contributed by atoms with E-state index < -0.39 is 0 Å². The van der Waals surface area contributed by atoms with Crippen LogP contribution in [0.4, 0.5) is 5.69 Å². The standard InChI is InChI=1S/C13H20N4O/c1-8-7-11(12(13(14)15)9(2)16-8)17-5-3-10(18)4-6-17/h7,10,18H,3-6H2,1-2H3,(H3,14,15). The van der Waals surface area contributed by atoms with Gasteiger partial charge in [-0.15, -0.1) is 0 Å². The van der Waals surface area contributed by atoms with Crippen LogP contribution in [0.2, 0.25) is 0 Å². The monoisotopic (exact) mass is 248 g/mol. The molecular weight excluding hydrogens is 228 g/mol. The predicted octanol–water partition coefficient (Wildman–Crippen LogP) is 0.944. The Morgan fingerprint density at radius 1 is 1.44 bits per heavy atom. The number of nitrogen functional groups attached to an aromatic ring is 1. The molecule has 0 aromatic carbocycles. The number of aryl methyl sites for hydroxylation is 2. The van der Waals surface area contributed by atoms with Gasteiger partial charge in [0.25, 0.3) is 0 Å². The van der Waals surface area contributed by atoms with Crippen molar-refractivity contribution < 1.29 is 5.11 Å². The third kappa shape index (κ3) is 2.46. The summed E-state index contributed by atoms with van der Waals surface area (Å²) in [4.78, 5) is 6.55. The summed E-state index contributed by atoms with van der Waals surface area (Å²) in [5, 5.41) is 17.3. The molecule has 98 valence electrons. The molecule has 2 heterocycles. The second-order valence-corrected chi connectivity index (χ2v) is 4.88. The largest absolute Gasteiger partial charge is 0.393 e. The normalized spacial score (nSPS) is 16.9. The molecule has 1 saturated heterocycles. The van der Waals surface area contributed by atoms with E-state index in [9.17, 15) is 5.11 Å². The summed E-state index contributed by atoms with van der Waals surface area (Å²) in [6.45, 7) is 5.42. The van der Waals surface area contributed by atoms with Gasteiger partial charge in [-0.05, 0) is 32.8 Å². The molecule has 5 nitrogen and oxygen atoms in total. The lowest BCUT2D eigenvalue weighted by Crippen LogP contribution is -2.37. The molecule has 0 unspecified atom stereocenters. The molecule has 0 atom stereocenters. The van der Waals surface area contributed by atoms with Gasteiger partial charge >= 0.3 is 0 Å². The molecule has 0 bridgehead atoms. The minimum absolute atomic E-state index is 0.0566. The zero-order valence-corrected chi connectivity index (χ0v) is 10.9. The lowest BCUT2D eigenvalue weighted by atomic mass is 10.0. The highest BCUT2D eigenvalue weighted by Gasteiger charge is 2.21. The number of hydrogen-bond acceptors (Lipinski definition) is 4. The molecule has 2 rings (SSSR count). The van der Waals surface area contributed by atoms with Crippen molar-refractivity contribution in [3.8, 4) is 0 Å². The Labute approximate surface area is 107 Å². The molecule has 18 heavy (non-hydrogen) atoms. The van der Waals surface area contributed by atoms with Gasteiger partial charge in [-0.25, -0.2) is 0 Å². The number of aliphatic hydroxyl groups excluding tert-OH is 1. The van der Waals surface area contributed by atoms with Crippen molar-refractivity contribution in [1.82, 2.24) is 4.98 Å². The van der Waals surface area contributed by atoms with E-state index in [0.717, 1.165) is 48.6 Å². The van der Waals surface area contributed by atoms with Gasteiger partial charge < -0.3 is 15.7 Å². The van der Waals surface area contributed by atoms with Crippen LogP contribution in [-0.2, 0) is 0 Å². The Balaban J connectivity index is 2.39. The smallest absolute Gasteiger partial charge is 0.126 e. The molecule has 0 aliphatic carbocycles. The van der Waals surface area contributed by atoms with Gasteiger partial charge in [-0.2, -0.15) is 0 Å². The first-order valence-electron chi connectivity index (χ1n) is 6.24. The first-order chi connectivity index (χ1) is 8.49. The van der Waals surface area contributed by atoms with Crippen LogP contribution in [-0.4, -0.2) is 35.1 Å². The fraction of sp³-hybridized carbons (Fsp3) is 0.538. The van der Waals surface area contributed by atoms with Crippen LogP contribution in [0.1, 0.15) is 29.8 Å². The van der Waals surface area contributed by atoms with E-state index in [-0.39, 0.29) is 11.9 Å². The summed E-state index contributed by atoms with van der Waals surface area (Å²) >= 11 is 0. The minimum atomic E-state index is -0.203. The highest BCUT2D eigenvalue weighted by atomic mass is 16.3. The van der Waals surface area contributed by atoms with Gasteiger partial charge in [0.05, 0.1) is 23.0 Å². The second-order valence-electron chi connectivity index (χ2n) is 4.88. The number of aliphatic hydroxyl groups is 1. The highest BCUT2D eigenvalue weighted by Crippen LogP contribution is 2.26. The SMILES string of the molecule is Cc1cc(N2CCC(O)CC2)c(C(=N)N)c(C)n1. The number of nitrogens with two attached hydrogens (primary N) is 1. The van der Waals surface area contributed by atoms with Gasteiger partial charge in [-0.3, -0.25) is 10.4 Å². The Bertz CT molecular complexity index is 464. The van der Waals surface area contributed by atoms with E-state index in [0.29, 0.717) is 0 Å². The molecule has 0 amide bonds. The maximum atomic E-state index is 9.56. The number of hydrogen-bond donors (Lipinski definition) is 3. The van der Waals surface area contributed by atoms with Crippen molar-refractivity contribution in [2.24, 2.45) is 5.73 Å². The number of rotatable bonds is 2. The van der Waals surface area contributed by atoms with Gasteiger partial charge in [-0.1, -0.05) is 0 Å². The average molecular weight is 248 g/mol. The molecular formula is C13H20N4O. The maximum absolute atomic E-state index is 9.56. The number of anilines is 1. The zero-order valence-electron chi connectivity index (χ0n) is 10.9. The third-order valence-electron chi connectivity index (χ3n) is 3.38. The Morgan fingerprint density at radius 2 is 2.06 bits per heavy atom. The molecule has 1 aromatic heterocycles. The van der Waals surface area contributed by atoms with E-state index in [1.165, 1.54) is 0 Å². The van der Waals surface area contributed by atoms with Gasteiger partial charge in [0, 0.05) is 18.8 Å². The molecule has 0 saturated carbocycles. The molecule has 1 aliphatic rings. The zero-order chi connectivity index (χ0) is 13.3. The number of nitrogens with one attached hydrogen (secondary N) is 1. The topological polar surface area (TPSA) is 86.2 Å². The minimum Gasteiger partial charge on any atom is -0.393 e. The van der Waals surface area contributed by atoms with Crippen LogP contribution in [0.15, 0.2) is 6.07 Å². The number of aromatic nitrogens is 1. The van der Waals surface area contributed by atoms with Gasteiger partial charge in [0.15, 0.2) is 0 Å². The van der Waals surface area contributed by atoms with Crippen LogP contribution in [0.3, 0.4) is 0 Å². The molecule has 1 aromatic rings. The summed E-state index contributed by atoms with van der Waals surface area (Å²) < 4.78 is 0. The van der Waals surface area contributed by atoms with E-state index in [1.807, 2.05) is 19.9 Å². The second kappa shape index (κ2) is 4.94. The number of nitrogens with zero attached hydrogens (tertiary/aromatic N) is 2. The number of pyridine rings is 1. The van der Waals surface area contributed by atoms with Crippen molar-refractivity contribution >= 4 is 11.5 Å². The molecule has 5 heteroatoms. The molecule has 1 aliphatic heterocycles. The Kier molecular flexibility index (Phi) is 3.52. The highest BCUT2D eigenvalue weighted by molar-refractivity contribution is 6.01. The van der Waals surface area contributed by atoms with Gasteiger partial charge in [0.2, 0.25) is 0 Å². The summed E-state index contributed by atoms with van der Waals surface area (Å²) in [6, 6.07) is 1.97. The van der Waals surface area contributed by atoms with E-state index in [1.54, 1.807) is 0 Å². The first kappa shape index (κ1) is 12.8. The van der Waals surface area contributed by atoms with Crippen molar-refractivity contribution in [3.05, 3.63) is 23.0 Å². The maximum Gasteiger partial charge on any atom is 0.126 e. The summed E-state index contributed by atoms with van der Waals surface area (Å²) in [6.07, 6.45) is 1.32. The van der Waals surface area contributed by atoms with Crippen molar-refractivity contribution in [1.29, 1.82) is 5.41 Å². The predicted molar refractivity (Wildman–Crippen MR) is 72.2 cm³/mol. The average Bonchev–Trinajstić information content (AvgIpc) is 2.28. The number of amidine groups is 1. The number of piperidine rings is 1. The van der Waals surface area contributed by atoms with Crippen LogP contribution in [0.25, 0.3) is 0 Å². The molecule has 0 radical (unpaired) electrons. The lowest BCUT2D eigenvalue weighted by molar-refractivity contribution is 0.145. The Morgan fingerprint density at radius 3 is 2.61 bits per heavy atom. The van der Waals surface area contributed by atoms with E-state index in [4.69, 9.17) is 11.1 Å². The third-order valence-corrected chi connectivity index (χ3v) is 3.38. The summed E-state index contributed by atoms with van der Waals surface area (Å²) in [5.74, 6) is 0.0566. The van der Waals surface area contributed by atoms with Crippen LogP contribution >= 0.6 is 0 Å². The lowest BCUT2D eigenvalue weighted by Gasteiger charge is -2.33. The van der Waals surface area contributed by atoms with E-state index in [2.05, 4.69) is 9.88 Å². The van der Waals surface area contributed by atoms with Crippen LogP contribution < -0.4 is 10.6 Å². The van der Waals surface area contributed by atoms with E-state index >= 15 is 0 Å². The fourth-order valence-electron chi connectivity index (χ4n) is 2.50. The van der Waals surface area contributed by atoms with Crippen LogP contribution in [0.5, 0.6) is 0 Å². The van der Waals surface area contributed by atoms with Gasteiger partial charge in [0.1, 0.15) is 5.84 Å². The molecule has 0 spiro atoms.